The highest BCUT2D eigenvalue weighted by molar-refractivity contribution is 6.00. The van der Waals surface area contributed by atoms with Gasteiger partial charge in [-0.1, -0.05) is 30.3 Å². The highest BCUT2D eigenvalue weighted by atomic mass is 16.5. The second-order valence-electron chi connectivity index (χ2n) is 6.12. The van der Waals surface area contributed by atoms with Crippen molar-refractivity contribution in [2.24, 2.45) is 0 Å². The van der Waals surface area contributed by atoms with Crippen molar-refractivity contribution in [3.63, 3.8) is 0 Å². The summed E-state index contributed by atoms with van der Waals surface area (Å²) in [7, 11) is 1.68. The molecule has 122 valence electrons. The van der Waals surface area contributed by atoms with Crippen LogP contribution in [-0.2, 0) is 0 Å². The number of para-hydroxylation sites is 1. The maximum absolute atomic E-state index is 5.29. The number of ether oxygens (including phenoxy) is 1. The quantitative estimate of drug-likeness (QED) is 0.580. The number of fused-ring (bicyclic) bond motifs is 2. The topological polar surface area (TPSA) is 62.8 Å². The van der Waals surface area contributed by atoms with Crippen LogP contribution in [0.3, 0.4) is 0 Å². The molecule has 0 saturated heterocycles. The van der Waals surface area contributed by atoms with Crippen molar-refractivity contribution in [3.8, 4) is 16.9 Å². The summed E-state index contributed by atoms with van der Waals surface area (Å²) in [4.78, 5) is 3.26. The first-order valence-electron chi connectivity index (χ1n) is 8.17. The summed E-state index contributed by atoms with van der Waals surface area (Å²) in [5.41, 5.74) is 6.47. The Labute approximate surface area is 144 Å². The van der Waals surface area contributed by atoms with Crippen LogP contribution in [0.1, 0.15) is 17.2 Å². The van der Waals surface area contributed by atoms with E-state index in [1.54, 1.807) is 7.11 Å². The number of aromatic amines is 1. The Bertz CT molecular complexity index is 1070. The number of aromatic nitrogens is 3. The minimum atomic E-state index is 0.0197. The lowest BCUT2D eigenvalue weighted by atomic mass is 9.97. The molecule has 0 bridgehead atoms. The SMILES string of the molecule is COc1ccc(C2Nc3ccccc3-c3cnnc4[nH]cc2c34)cc1. The Balaban J connectivity index is 1.78. The van der Waals surface area contributed by atoms with Crippen molar-refractivity contribution >= 4 is 16.7 Å². The zero-order valence-corrected chi connectivity index (χ0v) is 13.7. The van der Waals surface area contributed by atoms with Crippen molar-refractivity contribution in [1.29, 1.82) is 0 Å². The molecule has 0 amide bonds. The number of hydrogen-bond donors (Lipinski definition) is 2. The summed E-state index contributed by atoms with van der Waals surface area (Å²) in [5, 5.41) is 13.2. The number of nitrogens with zero attached hydrogens (tertiary/aromatic N) is 2. The number of nitrogens with one attached hydrogen (secondary N) is 2. The van der Waals surface area contributed by atoms with E-state index in [2.05, 4.69) is 44.8 Å². The third-order valence-electron chi connectivity index (χ3n) is 4.78. The normalized spacial score (nSPS) is 15.3. The molecule has 0 radical (unpaired) electrons. The molecule has 1 atom stereocenters. The fraction of sp³-hybridized carbons (Fsp3) is 0.100. The Kier molecular flexibility index (Phi) is 3.00. The third-order valence-corrected chi connectivity index (χ3v) is 4.78. The number of hydrogen-bond acceptors (Lipinski definition) is 4. The zero-order chi connectivity index (χ0) is 16.8. The van der Waals surface area contributed by atoms with Crippen LogP contribution in [0.25, 0.3) is 22.2 Å². The van der Waals surface area contributed by atoms with Crippen molar-refractivity contribution in [2.75, 3.05) is 12.4 Å². The Morgan fingerprint density at radius 2 is 1.84 bits per heavy atom. The van der Waals surface area contributed by atoms with Gasteiger partial charge in [0.05, 0.1) is 19.3 Å². The van der Waals surface area contributed by atoms with Gasteiger partial charge >= 0.3 is 0 Å². The number of H-pyrrole nitrogens is 1. The van der Waals surface area contributed by atoms with Crippen molar-refractivity contribution in [1.82, 2.24) is 15.2 Å². The van der Waals surface area contributed by atoms with E-state index in [0.29, 0.717) is 0 Å². The molecule has 5 nitrogen and oxygen atoms in total. The molecule has 2 N–H and O–H groups in total. The predicted octanol–water partition coefficient (Wildman–Crippen LogP) is 4.15. The van der Waals surface area contributed by atoms with E-state index in [1.807, 2.05) is 36.7 Å². The Morgan fingerprint density at radius 3 is 2.68 bits per heavy atom. The number of anilines is 1. The Hall–Kier alpha value is -3.34. The van der Waals surface area contributed by atoms with E-state index in [4.69, 9.17) is 4.74 Å². The van der Waals surface area contributed by atoms with Gasteiger partial charge in [0, 0.05) is 34.0 Å². The highest BCUT2D eigenvalue weighted by Gasteiger charge is 2.26. The fourth-order valence-electron chi connectivity index (χ4n) is 3.57. The van der Waals surface area contributed by atoms with Crippen molar-refractivity contribution in [2.45, 2.75) is 6.04 Å². The second kappa shape index (κ2) is 5.34. The van der Waals surface area contributed by atoms with Gasteiger partial charge in [-0.05, 0) is 23.8 Å². The molecule has 0 aliphatic carbocycles. The van der Waals surface area contributed by atoms with Crippen LogP contribution in [0, 0.1) is 0 Å². The molecular formula is C20H16N4O. The third kappa shape index (κ3) is 2.09. The lowest BCUT2D eigenvalue weighted by Gasteiger charge is -2.19. The highest BCUT2D eigenvalue weighted by Crippen LogP contribution is 2.43. The summed E-state index contributed by atoms with van der Waals surface area (Å²) in [6, 6.07) is 16.5. The first kappa shape index (κ1) is 14.0. The monoisotopic (exact) mass is 328 g/mol. The summed E-state index contributed by atoms with van der Waals surface area (Å²) >= 11 is 0. The zero-order valence-electron chi connectivity index (χ0n) is 13.7. The molecule has 2 aromatic heterocycles. The molecule has 1 unspecified atom stereocenters. The van der Waals surface area contributed by atoms with Crippen LogP contribution in [0.15, 0.2) is 60.9 Å². The van der Waals surface area contributed by atoms with E-state index < -0.39 is 0 Å². The molecule has 0 saturated carbocycles. The van der Waals surface area contributed by atoms with Gasteiger partial charge in [-0.3, -0.25) is 0 Å². The molecule has 5 rings (SSSR count). The maximum atomic E-state index is 5.29. The molecule has 4 aromatic rings. The maximum Gasteiger partial charge on any atom is 0.160 e. The van der Waals surface area contributed by atoms with Gasteiger partial charge < -0.3 is 15.0 Å². The van der Waals surface area contributed by atoms with Gasteiger partial charge in [0.2, 0.25) is 0 Å². The van der Waals surface area contributed by atoms with Crippen LogP contribution in [-0.4, -0.2) is 22.3 Å². The summed E-state index contributed by atoms with van der Waals surface area (Å²) in [6.45, 7) is 0. The minimum Gasteiger partial charge on any atom is -0.497 e. The van der Waals surface area contributed by atoms with Crippen LogP contribution in [0.4, 0.5) is 5.69 Å². The van der Waals surface area contributed by atoms with Crippen LogP contribution < -0.4 is 10.1 Å². The van der Waals surface area contributed by atoms with E-state index in [9.17, 15) is 0 Å². The van der Waals surface area contributed by atoms with Gasteiger partial charge in [0.15, 0.2) is 5.65 Å². The van der Waals surface area contributed by atoms with Crippen molar-refractivity contribution < 1.29 is 4.74 Å². The van der Waals surface area contributed by atoms with Crippen LogP contribution in [0.5, 0.6) is 5.75 Å². The first-order valence-corrected chi connectivity index (χ1v) is 8.17. The standard InChI is InChI=1S/C20H16N4O/c1-25-13-8-6-12(7-9-13)19-16-10-21-20-18(16)15(11-22-24-20)14-4-2-3-5-17(14)23-19/h2-11,19,23H,1H3,(H,21,24). The smallest absolute Gasteiger partial charge is 0.160 e. The van der Waals surface area contributed by atoms with Gasteiger partial charge in [0.25, 0.3) is 0 Å². The van der Waals surface area contributed by atoms with Crippen LogP contribution in [0.2, 0.25) is 0 Å². The van der Waals surface area contributed by atoms with E-state index in [-0.39, 0.29) is 6.04 Å². The summed E-state index contributed by atoms with van der Waals surface area (Å²) in [5.74, 6) is 0.850. The number of rotatable bonds is 2. The average molecular weight is 328 g/mol. The molecule has 0 fully saturated rings. The Morgan fingerprint density at radius 1 is 1.00 bits per heavy atom. The van der Waals surface area contributed by atoms with Crippen molar-refractivity contribution in [3.05, 3.63) is 72.1 Å². The van der Waals surface area contributed by atoms with E-state index in [0.717, 1.165) is 33.6 Å². The van der Waals surface area contributed by atoms with Gasteiger partial charge in [-0.2, -0.15) is 5.10 Å². The largest absolute Gasteiger partial charge is 0.497 e. The molecular weight excluding hydrogens is 312 g/mol. The fourth-order valence-corrected chi connectivity index (χ4v) is 3.57. The second-order valence-corrected chi connectivity index (χ2v) is 6.12. The van der Waals surface area contributed by atoms with Gasteiger partial charge in [-0.25, -0.2) is 0 Å². The van der Waals surface area contributed by atoms with Crippen LogP contribution >= 0.6 is 0 Å². The lowest BCUT2D eigenvalue weighted by Crippen LogP contribution is -2.11. The molecule has 0 spiro atoms. The van der Waals surface area contributed by atoms with Gasteiger partial charge in [0.1, 0.15) is 5.75 Å². The molecule has 25 heavy (non-hydrogen) atoms. The average Bonchev–Trinajstić information content (AvgIpc) is 3.04. The summed E-state index contributed by atoms with van der Waals surface area (Å²) in [6.07, 6.45) is 3.87. The first-order chi connectivity index (χ1) is 12.3. The number of benzene rings is 2. The lowest BCUT2D eigenvalue weighted by molar-refractivity contribution is 0.414. The molecule has 2 aromatic carbocycles. The van der Waals surface area contributed by atoms with E-state index >= 15 is 0 Å². The molecule has 3 heterocycles. The predicted molar refractivity (Wildman–Crippen MR) is 97.8 cm³/mol. The molecule has 1 aliphatic rings. The summed E-state index contributed by atoms with van der Waals surface area (Å²) < 4.78 is 5.29. The van der Waals surface area contributed by atoms with E-state index in [1.165, 1.54) is 11.1 Å². The van der Waals surface area contributed by atoms with Gasteiger partial charge in [-0.15, -0.1) is 5.10 Å². The number of methoxy groups -OCH3 is 1. The molecule has 1 aliphatic heterocycles. The molecule has 5 heteroatoms. The minimum absolute atomic E-state index is 0.0197.